The number of benzene rings is 1. The summed E-state index contributed by atoms with van der Waals surface area (Å²) in [4.78, 5) is 23.5. The van der Waals surface area contributed by atoms with Crippen LogP contribution in [0.3, 0.4) is 0 Å². The summed E-state index contributed by atoms with van der Waals surface area (Å²) in [5.41, 5.74) is 2.28. The van der Waals surface area contributed by atoms with Gasteiger partial charge in [-0.2, -0.15) is 0 Å². The van der Waals surface area contributed by atoms with Crippen LogP contribution in [0.15, 0.2) is 53.5 Å². The molecule has 1 aliphatic rings. The molecule has 162 valence electrons. The number of likely N-dealkylation sites (tertiary alicyclic amines) is 1. The van der Waals surface area contributed by atoms with Crippen LogP contribution in [0.1, 0.15) is 31.0 Å². The van der Waals surface area contributed by atoms with Gasteiger partial charge < -0.3 is 15.5 Å². The fourth-order valence-electron chi connectivity index (χ4n) is 3.65. The van der Waals surface area contributed by atoms with Crippen molar-refractivity contribution in [3.8, 4) is 0 Å². The van der Waals surface area contributed by atoms with Crippen molar-refractivity contribution < 1.29 is 4.79 Å². The molecule has 2 aromatic rings. The summed E-state index contributed by atoms with van der Waals surface area (Å²) < 4.78 is 0. The molecule has 1 aliphatic heterocycles. The maximum Gasteiger partial charge on any atom is 0.227 e. The molecule has 6 nitrogen and oxygen atoms in total. The maximum absolute atomic E-state index is 12.2. The van der Waals surface area contributed by atoms with E-state index in [0.717, 1.165) is 37.7 Å². The van der Waals surface area contributed by atoms with E-state index in [1.165, 1.54) is 12.0 Å². The molecule has 1 saturated heterocycles. The van der Waals surface area contributed by atoms with Crippen molar-refractivity contribution in [1.82, 2.24) is 15.2 Å². The molecule has 7 heteroatoms. The molecule has 1 fully saturated rings. The quantitative estimate of drug-likeness (QED) is 0.330. The fourth-order valence-corrected chi connectivity index (χ4v) is 3.65. The molecule has 0 radical (unpaired) electrons. The number of aliphatic imine (C=N–C) groups is 1. The molecule has 0 bridgehead atoms. The number of anilines is 1. The molecule has 2 heterocycles. The van der Waals surface area contributed by atoms with Crippen LogP contribution in [0, 0.1) is 12.8 Å². The van der Waals surface area contributed by atoms with Crippen molar-refractivity contribution in [2.24, 2.45) is 10.9 Å². The maximum atomic E-state index is 12.2. The van der Waals surface area contributed by atoms with E-state index in [4.69, 9.17) is 0 Å². The molecule has 1 unspecified atom stereocenters. The van der Waals surface area contributed by atoms with Crippen molar-refractivity contribution >= 4 is 41.7 Å². The second-order valence-corrected chi connectivity index (χ2v) is 7.49. The number of hydrogen-bond donors (Lipinski definition) is 2. The minimum atomic E-state index is -0.0638. The standard InChI is InChI=1S/C23H31N5O.HI/c1-3-24-23(25-14-12-22(29)27-21-11-7-8-18(2)26-21)28-15-13-20(17-28)16-19-9-5-4-6-10-19;/h4-11,20H,3,12-17H2,1-2H3,(H,24,25)(H,26,27,29);1H. The fraction of sp³-hybridized carbons (Fsp3) is 0.435. The van der Waals surface area contributed by atoms with Gasteiger partial charge in [0.15, 0.2) is 5.96 Å². The molecule has 0 saturated carbocycles. The summed E-state index contributed by atoms with van der Waals surface area (Å²) in [5.74, 6) is 2.07. The Hall–Kier alpha value is -2.16. The lowest BCUT2D eigenvalue weighted by Gasteiger charge is -2.21. The first-order chi connectivity index (χ1) is 14.1. The van der Waals surface area contributed by atoms with Gasteiger partial charge in [0.25, 0.3) is 0 Å². The van der Waals surface area contributed by atoms with Crippen LogP contribution in [0.4, 0.5) is 5.82 Å². The second-order valence-electron chi connectivity index (χ2n) is 7.49. The third-order valence-corrected chi connectivity index (χ3v) is 5.04. The molecule has 3 rings (SSSR count). The molecular formula is C23H32IN5O. The SMILES string of the molecule is CCNC(=NCCC(=O)Nc1cccc(C)n1)N1CCC(Cc2ccccc2)C1.I. The van der Waals surface area contributed by atoms with Gasteiger partial charge in [-0.25, -0.2) is 4.98 Å². The molecule has 1 aromatic heterocycles. The minimum absolute atomic E-state index is 0. The average Bonchev–Trinajstić information content (AvgIpc) is 3.16. The number of nitrogens with zero attached hydrogens (tertiary/aromatic N) is 3. The lowest BCUT2D eigenvalue weighted by Crippen LogP contribution is -2.40. The Morgan fingerprint density at radius 2 is 2.00 bits per heavy atom. The van der Waals surface area contributed by atoms with Crippen LogP contribution >= 0.6 is 24.0 Å². The first kappa shape index (κ1) is 24.1. The first-order valence-corrected chi connectivity index (χ1v) is 10.4. The number of rotatable bonds is 7. The lowest BCUT2D eigenvalue weighted by atomic mass is 9.99. The summed E-state index contributed by atoms with van der Waals surface area (Å²) in [5, 5.41) is 6.21. The second kappa shape index (κ2) is 12.5. The molecule has 2 N–H and O–H groups in total. The summed E-state index contributed by atoms with van der Waals surface area (Å²) >= 11 is 0. The van der Waals surface area contributed by atoms with Crippen molar-refractivity contribution in [3.05, 3.63) is 59.8 Å². The van der Waals surface area contributed by atoms with Gasteiger partial charge in [0, 0.05) is 31.7 Å². The highest BCUT2D eigenvalue weighted by Gasteiger charge is 2.24. The van der Waals surface area contributed by atoms with E-state index in [2.05, 4.69) is 62.8 Å². The van der Waals surface area contributed by atoms with Crippen LogP contribution in [0.2, 0.25) is 0 Å². The summed E-state index contributed by atoms with van der Waals surface area (Å²) in [6.07, 6.45) is 2.60. The molecule has 0 spiro atoms. The highest BCUT2D eigenvalue weighted by molar-refractivity contribution is 14.0. The van der Waals surface area contributed by atoms with Crippen LogP contribution in [0.25, 0.3) is 0 Å². The Labute approximate surface area is 196 Å². The number of halogens is 1. The molecule has 30 heavy (non-hydrogen) atoms. The zero-order valence-electron chi connectivity index (χ0n) is 17.8. The Balaban J connectivity index is 0.00000320. The van der Waals surface area contributed by atoms with Crippen LogP contribution in [-0.4, -0.2) is 47.9 Å². The van der Waals surface area contributed by atoms with Crippen LogP contribution < -0.4 is 10.6 Å². The van der Waals surface area contributed by atoms with E-state index in [1.54, 1.807) is 6.07 Å². The van der Waals surface area contributed by atoms with E-state index in [-0.39, 0.29) is 29.9 Å². The average molecular weight is 521 g/mol. The van der Waals surface area contributed by atoms with E-state index >= 15 is 0 Å². The largest absolute Gasteiger partial charge is 0.357 e. The Morgan fingerprint density at radius 1 is 1.20 bits per heavy atom. The predicted molar refractivity (Wildman–Crippen MR) is 133 cm³/mol. The number of pyridine rings is 1. The van der Waals surface area contributed by atoms with Crippen molar-refractivity contribution in [2.45, 2.75) is 33.1 Å². The number of hydrogen-bond acceptors (Lipinski definition) is 3. The first-order valence-electron chi connectivity index (χ1n) is 10.4. The number of guanidine groups is 1. The van der Waals surface area contributed by atoms with Crippen molar-refractivity contribution in [3.63, 3.8) is 0 Å². The van der Waals surface area contributed by atoms with E-state index in [0.29, 0.717) is 24.7 Å². The van der Waals surface area contributed by atoms with Gasteiger partial charge in [-0.15, -0.1) is 24.0 Å². The van der Waals surface area contributed by atoms with Gasteiger partial charge in [0.2, 0.25) is 5.91 Å². The molecule has 1 atom stereocenters. The highest BCUT2D eigenvalue weighted by Crippen LogP contribution is 2.21. The lowest BCUT2D eigenvalue weighted by molar-refractivity contribution is -0.116. The summed E-state index contributed by atoms with van der Waals surface area (Å²) in [6.45, 7) is 7.26. The number of carbonyl (C=O) groups excluding carboxylic acids is 1. The zero-order chi connectivity index (χ0) is 20.5. The summed E-state index contributed by atoms with van der Waals surface area (Å²) in [6, 6.07) is 16.3. The third-order valence-electron chi connectivity index (χ3n) is 5.04. The number of nitrogens with one attached hydrogen (secondary N) is 2. The Kier molecular flexibility index (Phi) is 10.1. The van der Waals surface area contributed by atoms with Gasteiger partial charge >= 0.3 is 0 Å². The zero-order valence-corrected chi connectivity index (χ0v) is 20.1. The minimum Gasteiger partial charge on any atom is -0.357 e. The van der Waals surface area contributed by atoms with Gasteiger partial charge in [0.1, 0.15) is 5.82 Å². The van der Waals surface area contributed by atoms with Crippen molar-refractivity contribution in [1.29, 1.82) is 0 Å². The van der Waals surface area contributed by atoms with E-state index < -0.39 is 0 Å². The predicted octanol–water partition coefficient (Wildman–Crippen LogP) is 3.87. The van der Waals surface area contributed by atoms with Gasteiger partial charge in [-0.1, -0.05) is 36.4 Å². The smallest absolute Gasteiger partial charge is 0.227 e. The Morgan fingerprint density at radius 3 is 2.73 bits per heavy atom. The normalized spacial score (nSPS) is 16.1. The van der Waals surface area contributed by atoms with Gasteiger partial charge in [-0.3, -0.25) is 9.79 Å². The van der Waals surface area contributed by atoms with Gasteiger partial charge in [0.05, 0.1) is 6.54 Å². The number of amides is 1. The van der Waals surface area contributed by atoms with E-state index in [9.17, 15) is 4.79 Å². The van der Waals surface area contributed by atoms with Gasteiger partial charge in [-0.05, 0) is 50.3 Å². The molecule has 0 aliphatic carbocycles. The van der Waals surface area contributed by atoms with Crippen LogP contribution in [-0.2, 0) is 11.2 Å². The summed E-state index contributed by atoms with van der Waals surface area (Å²) in [7, 11) is 0. The van der Waals surface area contributed by atoms with Crippen LogP contribution in [0.5, 0.6) is 0 Å². The number of aryl methyl sites for hydroxylation is 1. The highest BCUT2D eigenvalue weighted by atomic mass is 127. The third kappa shape index (κ3) is 7.59. The number of carbonyl (C=O) groups is 1. The molecular weight excluding hydrogens is 489 g/mol. The van der Waals surface area contributed by atoms with E-state index in [1.807, 2.05) is 19.1 Å². The molecule has 1 aromatic carbocycles. The topological polar surface area (TPSA) is 69.6 Å². The monoisotopic (exact) mass is 521 g/mol. The van der Waals surface area contributed by atoms with Crippen molar-refractivity contribution in [2.75, 3.05) is 31.5 Å². The molecule has 1 amide bonds. The number of aromatic nitrogens is 1. The Bertz CT molecular complexity index is 827.